The van der Waals surface area contributed by atoms with Crippen molar-refractivity contribution in [2.75, 3.05) is 18.4 Å². The normalized spacial score (nSPS) is 11.6. The fraction of sp³-hybridized carbons (Fsp3) is 0.500. The molecule has 1 aromatic rings. The molecule has 0 bridgehead atoms. The standard InChI is InChI=1S/C14H24N4.HI/c1-14(2,3)18-13(15)17-11-7-10-16-12-8-5-4-6-9-12;/h4-6,8-9,16H,7,10-11H2,1-3H3,(H3,15,17,18);1H. The summed E-state index contributed by atoms with van der Waals surface area (Å²) in [6.45, 7) is 7.82. The van der Waals surface area contributed by atoms with E-state index in [0.29, 0.717) is 5.96 Å². The predicted octanol–water partition coefficient (Wildman–Crippen LogP) is 2.81. The summed E-state index contributed by atoms with van der Waals surface area (Å²) in [5.41, 5.74) is 6.88. The Labute approximate surface area is 133 Å². The van der Waals surface area contributed by atoms with E-state index in [0.717, 1.165) is 25.2 Å². The number of aliphatic imine (C=N–C) groups is 1. The zero-order valence-electron chi connectivity index (χ0n) is 11.9. The van der Waals surface area contributed by atoms with Crippen molar-refractivity contribution >= 4 is 35.6 Å². The molecule has 1 rings (SSSR count). The number of benzene rings is 1. The summed E-state index contributed by atoms with van der Waals surface area (Å²) >= 11 is 0. The molecule has 0 aliphatic rings. The molecule has 0 saturated heterocycles. The van der Waals surface area contributed by atoms with E-state index in [-0.39, 0.29) is 29.5 Å². The van der Waals surface area contributed by atoms with Crippen molar-refractivity contribution in [2.24, 2.45) is 10.7 Å². The molecule has 4 nitrogen and oxygen atoms in total. The Balaban J connectivity index is 0.00000324. The molecular formula is C14H25IN4. The number of hydrogen-bond acceptors (Lipinski definition) is 2. The monoisotopic (exact) mass is 376 g/mol. The third-order valence-electron chi connectivity index (χ3n) is 2.22. The van der Waals surface area contributed by atoms with Crippen molar-refractivity contribution in [3.05, 3.63) is 30.3 Å². The quantitative estimate of drug-likeness (QED) is 0.321. The van der Waals surface area contributed by atoms with Gasteiger partial charge in [-0.3, -0.25) is 4.99 Å². The molecule has 0 amide bonds. The summed E-state index contributed by atoms with van der Waals surface area (Å²) in [5, 5.41) is 6.47. The molecule has 0 aliphatic carbocycles. The van der Waals surface area contributed by atoms with Gasteiger partial charge in [-0.2, -0.15) is 0 Å². The Kier molecular flexibility index (Phi) is 8.54. The Morgan fingerprint density at radius 3 is 2.42 bits per heavy atom. The SMILES string of the molecule is CC(C)(C)NC(N)=NCCCNc1ccccc1.I. The van der Waals surface area contributed by atoms with Crippen LogP contribution in [-0.4, -0.2) is 24.6 Å². The van der Waals surface area contributed by atoms with Crippen LogP contribution in [0.1, 0.15) is 27.2 Å². The second-order valence-corrected chi connectivity index (χ2v) is 5.29. The van der Waals surface area contributed by atoms with E-state index in [4.69, 9.17) is 5.73 Å². The largest absolute Gasteiger partial charge is 0.385 e. The molecule has 5 heteroatoms. The molecule has 0 heterocycles. The fourth-order valence-electron chi connectivity index (χ4n) is 1.49. The molecule has 0 atom stereocenters. The van der Waals surface area contributed by atoms with Gasteiger partial charge in [0.05, 0.1) is 0 Å². The molecule has 0 radical (unpaired) electrons. The van der Waals surface area contributed by atoms with Crippen molar-refractivity contribution in [3.63, 3.8) is 0 Å². The first-order valence-corrected chi connectivity index (χ1v) is 6.34. The van der Waals surface area contributed by atoms with E-state index in [2.05, 4.69) is 48.5 Å². The topological polar surface area (TPSA) is 62.4 Å². The number of rotatable bonds is 5. The highest BCUT2D eigenvalue weighted by molar-refractivity contribution is 14.0. The first kappa shape index (κ1) is 18.0. The van der Waals surface area contributed by atoms with Gasteiger partial charge in [0, 0.05) is 24.3 Å². The van der Waals surface area contributed by atoms with Crippen LogP contribution >= 0.6 is 24.0 Å². The number of nitrogens with one attached hydrogen (secondary N) is 2. The lowest BCUT2D eigenvalue weighted by Gasteiger charge is -2.20. The fourth-order valence-corrected chi connectivity index (χ4v) is 1.49. The van der Waals surface area contributed by atoms with Gasteiger partial charge < -0.3 is 16.4 Å². The molecule has 0 aromatic heterocycles. The molecule has 0 fully saturated rings. The van der Waals surface area contributed by atoms with Gasteiger partial charge in [-0.05, 0) is 39.3 Å². The van der Waals surface area contributed by atoms with Crippen LogP contribution in [0.15, 0.2) is 35.3 Å². The summed E-state index contributed by atoms with van der Waals surface area (Å²) in [6, 6.07) is 10.2. The van der Waals surface area contributed by atoms with Gasteiger partial charge >= 0.3 is 0 Å². The second-order valence-electron chi connectivity index (χ2n) is 5.29. The lowest BCUT2D eigenvalue weighted by Crippen LogP contribution is -2.45. The van der Waals surface area contributed by atoms with Gasteiger partial charge in [0.15, 0.2) is 5.96 Å². The van der Waals surface area contributed by atoms with Crippen molar-refractivity contribution in [3.8, 4) is 0 Å². The molecule has 0 spiro atoms. The van der Waals surface area contributed by atoms with Crippen molar-refractivity contribution in [2.45, 2.75) is 32.7 Å². The second kappa shape index (κ2) is 9.01. The molecule has 19 heavy (non-hydrogen) atoms. The Bertz CT molecular complexity index is 371. The minimum Gasteiger partial charge on any atom is -0.385 e. The van der Waals surface area contributed by atoms with E-state index >= 15 is 0 Å². The maximum atomic E-state index is 5.77. The van der Waals surface area contributed by atoms with Crippen LogP contribution in [0.5, 0.6) is 0 Å². The van der Waals surface area contributed by atoms with Gasteiger partial charge in [-0.25, -0.2) is 0 Å². The minimum atomic E-state index is -0.0319. The highest BCUT2D eigenvalue weighted by Crippen LogP contribution is 2.04. The maximum absolute atomic E-state index is 5.77. The van der Waals surface area contributed by atoms with Crippen LogP contribution < -0.4 is 16.4 Å². The van der Waals surface area contributed by atoms with E-state index < -0.39 is 0 Å². The third kappa shape index (κ3) is 9.58. The van der Waals surface area contributed by atoms with Gasteiger partial charge in [0.2, 0.25) is 0 Å². The van der Waals surface area contributed by atoms with Gasteiger partial charge in [-0.1, -0.05) is 18.2 Å². The van der Waals surface area contributed by atoms with Crippen LogP contribution in [0.2, 0.25) is 0 Å². The molecule has 0 aliphatic heterocycles. The first-order valence-electron chi connectivity index (χ1n) is 6.34. The number of hydrogen-bond donors (Lipinski definition) is 3. The maximum Gasteiger partial charge on any atom is 0.188 e. The van der Waals surface area contributed by atoms with Crippen molar-refractivity contribution < 1.29 is 0 Å². The van der Waals surface area contributed by atoms with Crippen molar-refractivity contribution in [1.82, 2.24) is 5.32 Å². The van der Waals surface area contributed by atoms with E-state index in [9.17, 15) is 0 Å². The van der Waals surface area contributed by atoms with Crippen LogP contribution in [-0.2, 0) is 0 Å². The highest BCUT2D eigenvalue weighted by atomic mass is 127. The summed E-state index contributed by atoms with van der Waals surface area (Å²) in [7, 11) is 0. The minimum absolute atomic E-state index is 0. The number of nitrogens with zero attached hydrogens (tertiary/aromatic N) is 1. The smallest absolute Gasteiger partial charge is 0.188 e. The predicted molar refractivity (Wildman–Crippen MR) is 94.3 cm³/mol. The van der Waals surface area contributed by atoms with E-state index in [1.807, 2.05) is 18.2 Å². The average molecular weight is 376 g/mol. The van der Waals surface area contributed by atoms with E-state index in [1.165, 1.54) is 0 Å². The highest BCUT2D eigenvalue weighted by Gasteiger charge is 2.09. The molecule has 108 valence electrons. The Morgan fingerprint density at radius 2 is 1.84 bits per heavy atom. The Morgan fingerprint density at radius 1 is 1.21 bits per heavy atom. The summed E-state index contributed by atoms with van der Waals surface area (Å²) in [5.74, 6) is 0.516. The summed E-state index contributed by atoms with van der Waals surface area (Å²) < 4.78 is 0. The first-order chi connectivity index (χ1) is 8.47. The molecule has 1 aromatic carbocycles. The van der Waals surface area contributed by atoms with Gasteiger partial charge in [-0.15, -0.1) is 24.0 Å². The van der Waals surface area contributed by atoms with Gasteiger partial charge in [0.1, 0.15) is 0 Å². The lowest BCUT2D eigenvalue weighted by atomic mass is 10.1. The number of guanidine groups is 1. The lowest BCUT2D eigenvalue weighted by molar-refractivity contribution is 0.508. The summed E-state index contributed by atoms with van der Waals surface area (Å²) in [4.78, 5) is 4.28. The third-order valence-corrected chi connectivity index (χ3v) is 2.22. The van der Waals surface area contributed by atoms with E-state index in [1.54, 1.807) is 0 Å². The zero-order valence-corrected chi connectivity index (χ0v) is 14.3. The van der Waals surface area contributed by atoms with Crippen LogP contribution in [0.25, 0.3) is 0 Å². The number of halogens is 1. The molecular weight excluding hydrogens is 351 g/mol. The molecule has 0 unspecified atom stereocenters. The zero-order chi connectivity index (χ0) is 13.4. The van der Waals surface area contributed by atoms with Crippen molar-refractivity contribution in [1.29, 1.82) is 0 Å². The Hall–Kier alpha value is -0.980. The van der Waals surface area contributed by atoms with Crippen LogP contribution in [0.4, 0.5) is 5.69 Å². The number of nitrogens with two attached hydrogens (primary N) is 1. The number of anilines is 1. The number of para-hydroxylation sites is 1. The molecule has 4 N–H and O–H groups in total. The van der Waals surface area contributed by atoms with Crippen LogP contribution in [0.3, 0.4) is 0 Å². The van der Waals surface area contributed by atoms with Crippen LogP contribution in [0, 0.1) is 0 Å². The average Bonchev–Trinajstić information content (AvgIpc) is 2.27. The molecule has 0 saturated carbocycles. The van der Waals surface area contributed by atoms with Gasteiger partial charge in [0.25, 0.3) is 0 Å². The summed E-state index contributed by atoms with van der Waals surface area (Å²) in [6.07, 6.45) is 0.960.